The maximum Gasteiger partial charge on any atom is 0.404 e. The summed E-state index contributed by atoms with van der Waals surface area (Å²) >= 11 is 0. The van der Waals surface area contributed by atoms with Crippen molar-refractivity contribution >= 4 is 6.09 Å². The molecule has 0 radical (unpaired) electrons. The summed E-state index contributed by atoms with van der Waals surface area (Å²) in [5.41, 5.74) is 0. The van der Waals surface area contributed by atoms with Gasteiger partial charge in [-0.2, -0.15) is 0 Å². The summed E-state index contributed by atoms with van der Waals surface area (Å²) in [5, 5.41) is 14.4. The average Bonchev–Trinajstić information content (AvgIpc) is 2.52. The van der Waals surface area contributed by atoms with Crippen LogP contribution in [0.5, 0.6) is 0 Å². The minimum absolute atomic E-state index is 0.197. The first-order chi connectivity index (χ1) is 5.77. The number of fused-ring (bicyclic) bond motifs is 1. The molecular weight excluding hydrogens is 156 g/mol. The Morgan fingerprint density at radius 3 is 3.00 bits per heavy atom. The Balaban J connectivity index is 1.95. The van der Waals surface area contributed by atoms with Gasteiger partial charge in [-0.25, -0.2) is 4.79 Å². The molecule has 1 saturated carbocycles. The lowest BCUT2D eigenvalue weighted by Gasteiger charge is -2.16. The third-order valence-electron chi connectivity index (χ3n) is 3.07. The lowest BCUT2D eigenvalue weighted by Crippen LogP contribution is -2.38. The van der Waals surface area contributed by atoms with E-state index in [0.29, 0.717) is 11.8 Å². The normalized spacial score (nSPS) is 39.5. The molecule has 2 aliphatic rings. The second kappa shape index (κ2) is 2.94. The van der Waals surface area contributed by atoms with Gasteiger partial charge in [-0.1, -0.05) is 0 Å². The first kappa shape index (κ1) is 7.86. The molecule has 0 unspecified atom stereocenters. The highest BCUT2D eigenvalue weighted by Gasteiger charge is 2.39. The van der Waals surface area contributed by atoms with E-state index >= 15 is 0 Å². The van der Waals surface area contributed by atoms with Crippen molar-refractivity contribution in [3.8, 4) is 0 Å². The third-order valence-corrected chi connectivity index (χ3v) is 3.07. The number of nitrogens with one attached hydrogen (secondary N) is 2. The standard InChI is InChI=1S/C8H14N2O2/c11-8(12)10-7-2-1-5-3-9-4-6(5)7/h5-7,9-10H,1-4H2,(H,11,12)/t5-,6+,7-/m1/s1. The smallest absolute Gasteiger partial charge is 0.404 e. The molecule has 0 spiro atoms. The number of hydrogen-bond donors (Lipinski definition) is 3. The van der Waals surface area contributed by atoms with Crippen molar-refractivity contribution in [3.63, 3.8) is 0 Å². The van der Waals surface area contributed by atoms with Crippen LogP contribution >= 0.6 is 0 Å². The van der Waals surface area contributed by atoms with E-state index in [9.17, 15) is 4.79 Å². The summed E-state index contributed by atoms with van der Waals surface area (Å²) in [5.74, 6) is 1.25. The van der Waals surface area contributed by atoms with Crippen LogP contribution in [-0.2, 0) is 0 Å². The second-order valence-corrected chi connectivity index (χ2v) is 3.72. The van der Waals surface area contributed by atoms with Crippen LogP contribution in [0.15, 0.2) is 0 Å². The molecule has 3 N–H and O–H groups in total. The molecule has 1 aliphatic carbocycles. The summed E-state index contributed by atoms with van der Waals surface area (Å²) in [6.45, 7) is 2.05. The highest BCUT2D eigenvalue weighted by Crippen LogP contribution is 2.34. The van der Waals surface area contributed by atoms with E-state index in [0.717, 1.165) is 19.5 Å². The predicted molar refractivity (Wildman–Crippen MR) is 44.0 cm³/mol. The lowest BCUT2D eigenvalue weighted by molar-refractivity contribution is 0.186. The molecule has 3 atom stereocenters. The van der Waals surface area contributed by atoms with E-state index in [1.807, 2.05) is 0 Å². The van der Waals surface area contributed by atoms with Gasteiger partial charge < -0.3 is 15.7 Å². The monoisotopic (exact) mass is 170 g/mol. The van der Waals surface area contributed by atoms with Crippen LogP contribution in [-0.4, -0.2) is 30.3 Å². The third kappa shape index (κ3) is 1.27. The molecule has 12 heavy (non-hydrogen) atoms. The molecular formula is C8H14N2O2. The number of amides is 1. The van der Waals surface area contributed by atoms with Gasteiger partial charge in [0.2, 0.25) is 0 Å². The first-order valence-corrected chi connectivity index (χ1v) is 4.47. The van der Waals surface area contributed by atoms with Crippen LogP contribution in [0.25, 0.3) is 0 Å². The zero-order valence-electron chi connectivity index (χ0n) is 6.92. The van der Waals surface area contributed by atoms with Crippen LogP contribution in [0, 0.1) is 11.8 Å². The second-order valence-electron chi connectivity index (χ2n) is 3.72. The maximum atomic E-state index is 10.4. The van der Waals surface area contributed by atoms with Gasteiger partial charge in [0.15, 0.2) is 0 Å². The molecule has 0 aromatic carbocycles. The van der Waals surface area contributed by atoms with E-state index in [-0.39, 0.29) is 6.04 Å². The van der Waals surface area contributed by atoms with Gasteiger partial charge in [0.05, 0.1) is 0 Å². The first-order valence-electron chi connectivity index (χ1n) is 4.47. The topological polar surface area (TPSA) is 61.4 Å². The van der Waals surface area contributed by atoms with Crippen LogP contribution < -0.4 is 10.6 Å². The molecule has 1 saturated heterocycles. The molecule has 68 valence electrons. The van der Waals surface area contributed by atoms with E-state index < -0.39 is 6.09 Å². The molecule has 2 rings (SSSR count). The van der Waals surface area contributed by atoms with Crippen LogP contribution in [0.1, 0.15) is 12.8 Å². The number of carboxylic acid groups (broad SMARTS) is 1. The van der Waals surface area contributed by atoms with Gasteiger partial charge in [0.25, 0.3) is 0 Å². The van der Waals surface area contributed by atoms with Crippen LogP contribution in [0.3, 0.4) is 0 Å². The van der Waals surface area contributed by atoms with Gasteiger partial charge >= 0.3 is 6.09 Å². The predicted octanol–water partition coefficient (Wildman–Crippen LogP) is 0.252. The van der Waals surface area contributed by atoms with Gasteiger partial charge in [0, 0.05) is 12.6 Å². The van der Waals surface area contributed by atoms with Crippen molar-refractivity contribution in [1.82, 2.24) is 10.6 Å². The summed E-state index contributed by atoms with van der Waals surface area (Å²) in [7, 11) is 0. The van der Waals surface area contributed by atoms with E-state index in [2.05, 4.69) is 10.6 Å². The van der Waals surface area contributed by atoms with E-state index in [1.54, 1.807) is 0 Å². The molecule has 1 aliphatic heterocycles. The highest BCUT2D eigenvalue weighted by atomic mass is 16.4. The zero-order chi connectivity index (χ0) is 8.55. The van der Waals surface area contributed by atoms with Crippen molar-refractivity contribution in [2.24, 2.45) is 11.8 Å². The minimum atomic E-state index is -0.882. The zero-order valence-corrected chi connectivity index (χ0v) is 6.92. The molecule has 0 bridgehead atoms. The van der Waals surface area contributed by atoms with E-state index in [4.69, 9.17) is 5.11 Å². The van der Waals surface area contributed by atoms with Gasteiger partial charge in [0.1, 0.15) is 0 Å². The number of rotatable bonds is 1. The van der Waals surface area contributed by atoms with Crippen molar-refractivity contribution in [3.05, 3.63) is 0 Å². The largest absolute Gasteiger partial charge is 0.465 e. The summed E-state index contributed by atoms with van der Waals surface area (Å²) in [6.07, 6.45) is 1.30. The number of hydrogen-bond acceptors (Lipinski definition) is 2. The van der Waals surface area contributed by atoms with E-state index in [1.165, 1.54) is 6.42 Å². The Bertz CT molecular complexity index is 195. The fraction of sp³-hybridized carbons (Fsp3) is 0.875. The molecule has 1 amide bonds. The number of carbonyl (C=O) groups is 1. The molecule has 4 nitrogen and oxygen atoms in total. The lowest BCUT2D eigenvalue weighted by atomic mass is 9.98. The van der Waals surface area contributed by atoms with Crippen LogP contribution in [0.4, 0.5) is 4.79 Å². The maximum absolute atomic E-state index is 10.4. The molecule has 1 heterocycles. The fourth-order valence-corrected chi connectivity index (χ4v) is 2.49. The van der Waals surface area contributed by atoms with Crippen molar-refractivity contribution in [2.75, 3.05) is 13.1 Å². The van der Waals surface area contributed by atoms with Crippen LogP contribution in [0.2, 0.25) is 0 Å². The minimum Gasteiger partial charge on any atom is -0.465 e. The van der Waals surface area contributed by atoms with Crippen molar-refractivity contribution in [1.29, 1.82) is 0 Å². The van der Waals surface area contributed by atoms with Crippen molar-refractivity contribution in [2.45, 2.75) is 18.9 Å². The molecule has 4 heteroatoms. The Morgan fingerprint density at radius 2 is 2.25 bits per heavy atom. The van der Waals surface area contributed by atoms with Gasteiger partial charge in [-0.3, -0.25) is 0 Å². The SMILES string of the molecule is O=C(O)N[C@@H]1CC[C@@H]2CNC[C@@H]21. The fourth-order valence-electron chi connectivity index (χ4n) is 2.49. The quantitative estimate of drug-likeness (QED) is 0.528. The molecule has 2 fully saturated rings. The highest BCUT2D eigenvalue weighted by molar-refractivity contribution is 5.65. The summed E-state index contributed by atoms with van der Waals surface area (Å²) in [4.78, 5) is 10.4. The van der Waals surface area contributed by atoms with Crippen molar-refractivity contribution < 1.29 is 9.90 Å². The summed E-state index contributed by atoms with van der Waals surface area (Å²) in [6, 6.07) is 0.197. The van der Waals surface area contributed by atoms with Gasteiger partial charge in [-0.15, -0.1) is 0 Å². The Kier molecular flexibility index (Phi) is 1.92. The Morgan fingerprint density at radius 1 is 1.42 bits per heavy atom. The average molecular weight is 170 g/mol. The molecule has 0 aromatic heterocycles. The summed E-state index contributed by atoms with van der Waals surface area (Å²) < 4.78 is 0. The Hall–Kier alpha value is -0.770. The Labute approximate surface area is 71.3 Å². The molecule has 0 aromatic rings. The van der Waals surface area contributed by atoms with Gasteiger partial charge in [-0.05, 0) is 31.2 Å².